The average Bonchev–Trinajstić information content (AvgIpc) is 2.45. The van der Waals surface area contributed by atoms with Gasteiger partial charge in [0.1, 0.15) is 0 Å². The van der Waals surface area contributed by atoms with E-state index in [0.717, 1.165) is 18.8 Å². The van der Waals surface area contributed by atoms with Crippen molar-refractivity contribution in [1.29, 1.82) is 0 Å². The van der Waals surface area contributed by atoms with Crippen molar-refractivity contribution in [1.82, 2.24) is 0 Å². The highest BCUT2D eigenvalue weighted by Crippen LogP contribution is 2.48. The van der Waals surface area contributed by atoms with Crippen LogP contribution >= 0.6 is 0 Å². The van der Waals surface area contributed by atoms with Crippen molar-refractivity contribution in [3.05, 3.63) is 0 Å². The van der Waals surface area contributed by atoms with E-state index in [9.17, 15) is 5.11 Å². The summed E-state index contributed by atoms with van der Waals surface area (Å²) < 4.78 is 0. The lowest BCUT2D eigenvalue weighted by molar-refractivity contribution is 0.123. The molecule has 0 spiro atoms. The summed E-state index contributed by atoms with van der Waals surface area (Å²) in [5.41, 5.74) is 0.476. The highest BCUT2D eigenvalue weighted by molar-refractivity contribution is 4.91. The van der Waals surface area contributed by atoms with Crippen LogP contribution in [0.2, 0.25) is 0 Å². The van der Waals surface area contributed by atoms with Crippen molar-refractivity contribution < 1.29 is 5.11 Å². The summed E-state index contributed by atoms with van der Waals surface area (Å²) in [6.45, 7) is 2.42. The minimum atomic E-state index is 0.00301. The van der Waals surface area contributed by atoms with Crippen LogP contribution in [0.1, 0.15) is 64.7 Å². The molecule has 0 heterocycles. The molecule has 2 fully saturated rings. The zero-order chi connectivity index (χ0) is 10.0. The van der Waals surface area contributed by atoms with Gasteiger partial charge in [-0.25, -0.2) is 0 Å². The fraction of sp³-hybridized carbons (Fsp3) is 1.00. The molecule has 2 saturated carbocycles. The second-order valence-electron chi connectivity index (χ2n) is 5.74. The molecule has 0 aromatic rings. The van der Waals surface area contributed by atoms with Crippen molar-refractivity contribution in [2.75, 3.05) is 0 Å². The van der Waals surface area contributed by atoms with Crippen molar-refractivity contribution in [3.63, 3.8) is 0 Å². The van der Waals surface area contributed by atoms with Gasteiger partial charge >= 0.3 is 0 Å². The van der Waals surface area contributed by atoms with Crippen molar-refractivity contribution in [2.45, 2.75) is 70.8 Å². The molecule has 2 aliphatic rings. The number of rotatable bonds is 1. The molecule has 0 amide bonds. The largest absolute Gasteiger partial charge is 0.393 e. The summed E-state index contributed by atoms with van der Waals surface area (Å²) in [6, 6.07) is 0. The Morgan fingerprint density at radius 3 is 2.14 bits per heavy atom. The minimum absolute atomic E-state index is 0.00301. The number of hydrogen-bond donors (Lipinski definition) is 1. The van der Waals surface area contributed by atoms with E-state index in [4.69, 9.17) is 0 Å². The molecule has 2 unspecified atom stereocenters. The van der Waals surface area contributed by atoms with Crippen molar-refractivity contribution in [3.8, 4) is 0 Å². The van der Waals surface area contributed by atoms with E-state index in [1.54, 1.807) is 0 Å². The monoisotopic (exact) mass is 196 g/mol. The van der Waals surface area contributed by atoms with Crippen LogP contribution in [0.4, 0.5) is 0 Å². The van der Waals surface area contributed by atoms with Crippen molar-refractivity contribution >= 4 is 0 Å². The van der Waals surface area contributed by atoms with Gasteiger partial charge in [-0.1, -0.05) is 32.6 Å². The SMILES string of the molecule is CC1(C2CCCCCC2)CCC(O)C1. The summed E-state index contributed by atoms with van der Waals surface area (Å²) in [7, 11) is 0. The molecule has 1 N–H and O–H groups in total. The lowest BCUT2D eigenvalue weighted by atomic mass is 9.72. The van der Waals surface area contributed by atoms with Gasteiger partial charge in [-0.3, -0.25) is 0 Å². The zero-order valence-electron chi connectivity index (χ0n) is 9.47. The summed E-state index contributed by atoms with van der Waals surface area (Å²) >= 11 is 0. The maximum atomic E-state index is 9.67. The van der Waals surface area contributed by atoms with E-state index in [2.05, 4.69) is 6.92 Å². The molecule has 2 aliphatic carbocycles. The van der Waals surface area contributed by atoms with Gasteiger partial charge in [-0.15, -0.1) is 0 Å². The minimum Gasteiger partial charge on any atom is -0.393 e. The molecule has 14 heavy (non-hydrogen) atoms. The fourth-order valence-electron chi connectivity index (χ4n) is 3.59. The topological polar surface area (TPSA) is 20.2 Å². The van der Waals surface area contributed by atoms with Gasteiger partial charge in [-0.2, -0.15) is 0 Å². The Bertz CT molecular complexity index is 182. The molecule has 0 aromatic heterocycles. The van der Waals surface area contributed by atoms with Gasteiger partial charge < -0.3 is 5.11 Å². The van der Waals surface area contributed by atoms with Crippen LogP contribution in [0.15, 0.2) is 0 Å². The normalized spacial score (nSPS) is 41.1. The lowest BCUT2D eigenvalue weighted by Crippen LogP contribution is -2.25. The number of hydrogen-bond acceptors (Lipinski definition) is 1. The molecule has 0 aliphatic heterocycles. The highest BCUT2D eigenvalue weighted by Gasteiger charge is 2.40. The Morgan fingerprint density at radius 2 is 1.64 bits per heavy atom. The first-order valence-electron chi connectivity index (χ1n) is 6.39. The van der Waals surface area contributed by atoms with E-state index >= 15 is 0 Å². The third-order valence-corrected chi connectivity index (χ3v) is 4.59. The van der Waals surface area contributed by atoms with E-state index in [-0.39, 0.29) is 6.10 Å². The van der Waals surface area contributed by atoms with E-state index in [0.29, 0.717) is 5.41 Å². The maximum absolute atomic E-state index is 9.67. The quantitative estimate of drug-likeness (QED) is 0.636. The van der Waals surface area contributed by atoms with Gasteiger partial charge in [0, 0.05) is 0 Å². The molecule has 0 saturated heterocycles. The first kappa shape index (κ1) is 10.5. The number of aliphatic hydroxyl groups excluding tert-OH is 1. The predicted molar refractivity (Wildman–Crippen MR) is 59.2 cm³/mol. The van der Waals surface area contributed by atoms with Crippen LogP contribution in [0.25, 0.3) is 0 Å². The third-order valence-electron chi connectivity index (χ3n) is 4.59. The molecule has 0 aromatic carbocycles. The van der Waals surface area contributed by atoms with Crippen LogP contribution in [0.3, 0.4) is 0 Å². The Labute approximate surface area is 87.9 Å². The fourth-order valence-corrected chi connectivity index (χ4v) is 3.59. The Kier molecular flexibility index (Phi) is 3.16. The van der Waals surface area contributed by atoms with Crippen molar-refractivity contribution in [2.24, 2.45) is 11.3 Å². The summed E-state index contributed by atoms with van der Waals surface area (Å²) in [4.78, 5) is 0. The summed E-state index contributed by atoms with van der Waals surface area (Å²) in [5, 5.41) is 9.67. The second kappa shape index (κ2) is 4.22. The van der Waals surface area contributed by atoms with Crippen LogP contribution < -0.4 is 0 Å². The number of aliphatic hydroxyl groups is 1. The molecule has 0 radical (unpaired) electrons. The maximum Gasteiger partial charge on any atom is 0.0545 e. The molecular formula is C13H24O. The van der Waals surface area contributed by atoms with Crippen LogP contribution in [-0.4, -0.2) is 11.2 Å². The van der Waals surface area contributed by atoms with Gasteiger partial charge in [-0.05, 0) is 43.4 Å². The van der Waals surface area contributed by atoms with Gasteiger partial charge in [0.15, 0.2) is 0 Å². The lowest BCUT2D eigenvalue weighted by Gasteiger charge is -2.33. The van der Waals surface area contributed by atoms with E-state index < -0.39 is 0 Å². The van der Waals surface area contributed by atoms with E-state index in [1.165, 1.54) is 44.9 Å². The molecular weight excluding hydrogens is 172 g/mol. The molecule has 0 bridgehead atoms. The molecule has 2 rings (SSSR count). The molecule has 1 heteroatoms. The summed E-state index contributed by atoms with van der Waals surface area (Å²) in [6.07, 6.45) is 12.0. The second-order valence-corrected chi connectivity index (χ2v) is 5.74. The van der Waals surface area contributed by atoms with Gasteiger partial charge in [0.25, 0.3) is 0 Å². The first-order chi connectivity index (χ1) is 6.71. The van der Waals surface area contributed by atoms with Crippen LogP contribution in [0, 0.1) is 11.3 Å². The Morgan fingerprint density at radius 1 is 1.00 bits per heavy atom. The van der Waals surface area contributed by atoms with Gasteiger partial charge in [0.05, 0.1) is 6.10 Å². The average molecular weight is 196 g/mol. The van der Waals surface area contributed by atoms with Crippen LogP contribution in [0.5, 0.6) is 0 Å². The predicted octanol–water partition coefficient (Wildman–Crippen LogP) is 3.51. The Balaban J connectivity index is 1.97. The molecule has 2 atom stereocenters. The van der Waals surface area contributed by atoms with Crippen LogP contribution in [-0.2, 0) is 0 Å². The third kappa shape index (κ3) is 2.13. The summed E-state index contributed by atoms with van der Waals surface area (Å²) in [5.74, 6) is 0.905. The smallest absolute Gasteiger partial charge is 0.0545 e. The standard InChI is InChI=1S/C13H24O/c1-13(9-8-12(14)10-13)11-6-4-2-3-5-7-11/h11-12,14H,2-10H2,1H3. The zero-order valence-corrected chi connectivity index (χ0v) is 9.47. The molecule has 82 valence electrons. The van der Waals surface area contributed by atoms with E-state index in [1.807, 2.05) is 0 Å². The first-order valence-corrected chi connectivity index (χ1v) is 6.39. The Hall–Kier alpha value is -0.0400. The van der Waals surface area contributed by atoms with Gasteiger partial charge in [0.2, 0.25) is 0 Å². The highest BCUT2D eigenvalue weighted by atomic mass is 16.3. The molecule has 1 nitrogen and oxygen atoms in total.